The summed E-state index contributed by atoms with van der Waals surface area (Å²) in [5.74, 6) is -0.0374. The molecule has 0 aromatic heterocycles. The normalized spacial score (nSPS) is 11.0. The van der Waals surface area contributed by atoms with E-state index in [0.29, 0.717) is 12.1 Å². The van der Waals surface area contributed by atoms with Gasteiger partial charge in [-0.3, -0.25) is 4.79 Å². The third kappa shape index (κ3) is 4.12. The summed E-state index contributed by atoms with van der Waals surface area (Å²) in [6.45, 7) is 0.173. The van der Waals surface area contributed by atoms with Gasteiger partial charge in [-0.25, -0.2) is 8.42 Å². The minimum absolute atomic E-state index is 0.0374. The number of nitrogens with zero attached hydrogens (tertiary/aromatic N) is 1. The summed E-state index contributed by atoms with van der Waals surface area (Å²) in [4.78, 5) is 12.1. The van der Waals surface area contributed by atoms with E-state index in [9.17, 15) is 13.2 Å². The Hall–Kier alpha value is -1.36. The van der Waals surface area contributed by atoms with Crippen LogP contribution in [0.25, 0.3) is 0 Å². The molecule has 0 N–H and O–H groups in total. The van der Waals surface area contributed by atoms with Gasteiger partial charge in [-0.1, -0.05) is 12.1 Å². The molecule has 0 saturated heterocycles. The Kier molecular flexibility index (Phi) is 3.85. The summed E-state index contributed by atoms with van der Waals surface area (Å²) >= 11 is 0. The standard InChI is InChI=1S/C10H12NO3S/c1-15(13,14)8-7-11(9-12)10-5-3-2-4-6-10/h3-6,9H,7-8H2,1H3. The second-order valence-corrected chi connectivity index (χ2v) is 5.45. The van der Waals surface area contributed by atoms with Gasteiger partial charge in [0.25, 0.3) is 0 Å². The van der Waals surface area contributed by atoms with Gasteiger partial charge in [0.15, 0.2) is 0 Å². The molecular formula is C10H12NO3S. The maximum atomic E-state index is 10.9. The minimum Gasteiger partial charge on any atom is -0.314 e. The molecule has 0 spiro atoms. The summed E-state index contributed by atoms with van der Waals surface area (Å²) in [5.41, 5.74) is 0.674. The number of anilines is 1. The minimum atomic E-state index is -3.05. The molecular weight excluding hydrogens is 214 g/mol. The van der Waals surface area contributed by atoms with E-state index in [1.807, 2.05) is 0 Å². The highest BCUT2D eigenvalue weighted by Crippen LogP contribution is 2.10. The smallest absolute Gasteiger partial charge is 0.214 e. The molecule has 0 unspecified atom stereocenters. The first-order valence-electron chi connectivity index (χ1n) is 4.39. The van der Waals surface area contributed by atoms with E-state index in [0.717, 1.165) is 6.26 Å². The van der Waals surface area contributed by atoms with Crippen LogP contribution in [0.3, 0.4) is 0 Å². The summed E-state index contributed by atoms with van der Waals surface area (Å²) in [6, 6.07) is 9.58. The molecule has 0 aliphatic heterocycles. The summed E-state index contributed by atoms with van der Waals surface area (Å²) in [6.07, 6.45) is 1.77. The number of hydrogen-bond acceptors (Lipinski definition) is 3. The zero-order chi connectivity index (χ0) is 11.3. The van der Waals surface area contributed by atoms with Gasteiger partial charge < -0.3 is 4.90 Å². The molecule has 15 heavy (non-hydrogen) atoms. The van der Waals surface area contributed by atoms with E-state index in [-0.39, 0.29) is 12.3 Å². The van der Waals surface area contributed by atoms with Crippen molar-refractivity contribution in [3.63, 3.8) is 0 Å². The Morgan fingerprint density at radius 2 is 2.00 bits per heavy atom. The van der Waals surface area contributed by atoms with Gasteiger partial charge in [0, 0.05) is 18.5 Å². The average molecular weight is 226 g/mol. The van der Waals surface area contributed by atoms with E-state index in [2.05, 4.69) is 6.07 Å². The Morgan fingerprint density at radius 1 is 1.40 bits per heavy atom. The molecule has 1 radical (unpaired) electrons. The lowest BCUT2D eigenvalue weighted by atomic mass is 10.3. The third-order valence-electron chi connectivity index (χ3n) is 1.86. The molecule has 1 rings (SSSR count). The third-order valence-corrected chi connectivity index (χ3v) is 2.79. The van der Waals surface area contributed by atoms with Crippen LogP contribution < -0.4 is 4.90 Å². The van der Waals surface area contributed by atoms with Crippen molar-refractivity contribution >= 4 is 21.9 Å². The van der Waals surface area contributed by atoms with Gasteiger partial charge in [0.2, 0.25) is 6.41 Å². The van der Waals surface area contributed by atoms with Crippen molar-refractivity contribution in [2.45, 2.75) is 0 Å². The van der Waals surface area contributed by atoms with E-state index >= 15 is 0 Å². The number of rotatable bonds is 5. The number of sulfone groups is 1. The number of carbonyl (C=O) groups excluding carboxylic acids is 1. The molecule has 1 amide bonds. The Balaban J connectivity index is 2.70. The topological polar surface area (TPSA) is 54.5 Å². The summed E-state index contributed by atoms with van der Waals surface area (Å²) in [7, 11) is -3.05. The first-order chi connectivity index (χ1) is 7.03. The van der Waals surface area contributed by atoms with Crippen LogP contribution in [0.1, 0.15) is 0 Å². The van der Waals surface area contributed by atoms with Crippen LogP contribution in [0.4, 0.5) is 5.69 Å². The van der Waals surface area contributed by atoms with Crippen LogP contribution in [-0.4, -0.2) is 33.4 Å². The first-order valence-corrected chi connectivity index (χ1v) is 6.45. The fraction of sp³-hybridized carbons (Fsp3) is 0.300. The van der Waals surface area contributed by atoms with Crippen LogP contribution in [0.15, 0.2) is 24.3 Å². The molecule has 1 aromatic rings. The molecule has 0 saturated carbocycles. The van der Waals surface area contributed by atoms with E-state index in [1.165, 1.54) is 4.90 Å². The predicted octanol–water partition coefficient (Wildman–Crippen LogP) is 0.494. The second-order valence-electron chi connectivity index (χ2n) is 3.19. The monoisotopic (exact) mass is 226 g/mol. The fourth-order valence-corrected chi connectivity index (χ4v) is 1.60. The highest BCUT2D eigenvalue weighted by Gasteiger charge is 2.08. The quantitative estimate of drug-likeness (QED) is 0.687. The maximum absolute atomic E-state index is 10.9. The molecule has 81 valence electrons. The van der Waals surface area contributed by atoms with Gasteiger partial charge in [-0.2, -0.15) is 0 Å². The predicted molar refractivity (Wildman–Crippen MR) is 58.4 cm³/mol. The molecule has 5 heteroatoms. The highest BCUT2D eigenvalue weighted by atomic mass is 32.2. The van der Waals surface area contributed by atoms with Crippen molar-refractivity contribution in [2.24, 2.45) is 0 Å². The molecule has 0 bridgehead atoms. The maximum Gasteiger partial charge on any atom is 0.214 e. The first kappa shape index (κ1) is 11.7. The molecule has 0 heterocycles. The van der Waals surface area contributed by atoms with Crippen LogP contribution in [0, 0.1) is 6.07 Å². The van der Waals surface area contributed by atoms with Crippen molar-refractivity contribution in [1.29, 1.82) is 0 Å². The van der Waals surface area contributed by atoms with Crippen molar-refractivity contribution < 1.29 is 13.2 Å². The van der Waals surface area contributed by atoms with E-state index < -0.39 is 9.84 Å². The Labute approximate surface area is 89.4 Å². The molecule has 0 aliphatic rings. The molecule has 0 aliphatic carbocycles. The fourth-order valence-electron chi connectivity index (χ4n) is 1.08. The molecule has 0 atom stereocenters. The summed E-state index contributed by atoms with van der Waals surface area (Å²) < 4.78 is 21.9. The number of carbonyl (C=O) groups is 1. The highest BCUT2D eigenvalue weighted by molar-refractivity contribution is 7.90. The van der Waals surface area contributed by atoms with Gasteiger partial charge in [-0.05, 0) is 18.2 Å². The Morgan fingerprint density at radius 3 is 2.47 bits per heavy atom. The lowest BCUT2D eigenvalue weighted by Gasteiger charge is -2.16. The van der Waals surface area contributed by atoms with Gasteiger partial charge in [0.05, 0.1) is 5.75 Å². The summed E-state index contributed by atoms with van der Waals surface area (Å²) in [5, 5.41) is 0. The van der Waals surface area contributed by atoms with Gasteiger partial charge in [0.1, 0.15) is 9.84 Å². The lowest BCUT2D eigenvalue weighted by molar-refractivity contribution is -0.107. The molecule has 4 nitrogen and oxygen atoms in total. The lowest BCUT2D eigenvalue weighted by Crippen LogP contribution is -2.27. The second kappa shape index (κ2) is 4.93. The SMILES string of the molecule is CS(=O)(=O)CCN(C=O)c1cc[c]cc1. The van der Waals surface area contributed by atoms with Crippen LogP contribution in [0.2, 0.25) is 0 Å². The van der Waals surface area contributed by atoms with Gasteiger partial charge >= 0.3 is 0 Å². The van der Waals surface area contributed by atoms with Crippen molar-refractivity contribution in [2.75, 3.05) is 23.5 Å². The number of amides is 1. The Bertz CT molecular complexity index is 414. The van der Waals surface area contributed by atoms with E-state index in [1.54, 1.807) is 24.3 Å². The molecule has 0 fully saturated rings. The van der Waals surface area contributed by atoms with Crippen LogP contribution in [-0.2, 0) is 14.6 Å². The van der Waals surface area contributed by atoms with E-state index in [4.69, 9.17) is 0 Å². The largest absolute Gasteiger partial charge is 0.314 e. The zero-order valence-corrected chi connectivity index (χ0v) is 9.20. The van der Waals surface area contributed by atoms with Crippen molar-refractivity contribution in [3.8, 4) is 0 Å². The van der Waals surface area contributed by atoms with Crippen molar-refractivity contribution in [1.82, 2.24) is 0 Å². The number of hydrogen-bond donors (Lipinski definition) is 0. The van der Waals surface area contributed by atoms with Crippen LogP contribution >= 0.6 is 0 Å². The van der Waals surface area contributed by atoms with Gasteiger partial charge in [-0.15, -0.1) is 0 Å². The van der Waals surface area contributed by atoms with Crippen molar-refractivity contribution in [3.05, 3.63) is 30.3 Å². The molecule has 1 aromatic carbocycles. The average Bonchev–Trinajstić information content (AvgIpc) is 2.19. The number of benzene rings is 1. The zero-order valence-electron chi connectivity index (χ0n) is 8.38. The van der Waals surface area contributed by atoms with Crippen LogP contribution in [0.5, 0.6) is 0 Å².